The van der Waals surface area contributed by atoms with E-state index in [1.54, 1.807) is 0 Å². The summed E-state index contributed by atoms with van der Waals surface area (Å²) in [5, 5.41) is 4.53. The molecule has 0 amide bonds. The van der Waals surface area contributed by atoms with Crippen molar-refractivity contribution in [2.75, 3.05) is 7.05 Å². The van der Waals surface area contributed by atoms with Crippen LogP contribution in [0.5, 0.6) is 0 Å². The van der Waals surface area contributed by atoms with Crippen molar-refractivity contribution in [3.05, 3.63) is 35.6 Å². The van der Waals surface area contributed by atoms with Gasteiger partial charge < -0.3 is 9.73 Å². The Balaban J connectivity index is 2.46. The van der Waals surface area contributed by atoms with Crippen molar-refractivity contribution in [2.45, 2.75) is 46.1 Å². The second-order valence-corrected chi connectivity index (χ2v) is 6.66. The third kappa shape index (κ3) is 2.84. The highest BCUT2D eigenvalue weighted by Crippen LogP contribution is 2.31. The van der Waals surface area contributed by atoms with Crippen molar-refractivity contribution in [3.8, 4) is 0 Å². The first-order valence-electron chi connectivity index (χ1n) is 7.04. The second-order valence-electron chi connectivity index (χ2n) is 6.66. The SMILES string of the molecule is CNC(c1cc2cc(C(C)(C)C)ccc2o1)C(C)C. The van der Waals surface area contributed by atoms with Crippen LogP contribution in [0.2, 0.25) is 0 Å². The maximum absolute atomic E-state index is 5.99. The van der Waals surface area contributed by atoms with E-state index < -0.39 is 0 Å². The van der Waals surface area contributed by atoms with Crippen LogP contribution >= 0.6 is 0 Å². The first-order valence-corrected chi connectivity index (χ1v) is 7.04. The summed E-state index contributed by atoms with van der Waals surface area (Å²) < 4.78 is 5.99. The Kier molecular flexibility index (Phi) is 3.73. The zero-order valence-corrected chi connectivity index (χ0v) is 12.9. The number of hydrogen-bond donors (Lipinski definition) is 1. The Morgan fingerprint density at radius 2 is 1.79 bits per heavy atom. The predicted octanol–water partition coefficient (Wildman–Crippen LogP) is 4.65. The topological polar surface area (TPSA) is 25.2 Å². The minimum Gasteiger partial charge on any atom is -0.459 e. The Hall–Kier alpha value is -1.28. The van der Waals surface area contributed by atoms with Crippen molar-refractivity contribution in [2.24, 2.45) is 5.92 Å². The van der Waals surface area contributed by atoms with Gasteiger partial charge in [0.1, 0.15) is 11.3 Å². The summed E-state index contributed by atoms with van der Waals surface area (Å²) >= 11 is 0. The molecule has 19 heavy (non-hydrogen) atoms. The van der Waals surface area contributed by atoms with Crippen molar-refractivity contribution >= 4 is 11.0 Å². The summed E-state index contributed by atoms with van der Waals surface area (Å²) in [6, 6.07) is 8.94. The van der Waals surface area contributed by atoms with E-state index in [1.807, 2.05) is 7.05 Å². The molecule has 1 unspecified atom stereocenters. The van der Waals surface area contributed by atoms with Crippen LogP contribution < -0.4 is 5.32 Å². The molecule has 0 fully saturated rings. The van der Waals surface area contributed by atoms with E-state index in [-0.39, 0.29) is 11.5 Å². The average Bonchev–Trinajstić information content (AvgIpc) is 2.70. The van der Waals surface area contributed by atoms with Crippen molar-refractivity contribution in [1.29, 1.82) is 0 Å². The Morgan fingerprint density at radius 3 is 2.32 bits per heavy atom. The lowest BCUT2D eigenvalue weighted by molar-refractivity contribution is 0.371. The van der Waals surface area contributed by atoms with Gasteiger partial charge in [-0.3, -0.25) is 0 Å². The van der Waals surface area contributed by atoms with E-state index >= 15 is 0 Å². The zero-order chi connectivity index (χ0) is 14.2. The summed E-state index contributed by atoms with van der Waals surface area (Å²) in [7, 11) is 1.98. The smallest absolute Gasteiger partial charge is 0.134 e. The lowest BCUT2D eigenvalue weighted by Crippen LogP contribution is -2.20. The number of nitrogens with one attached hydrogen (secondary N) is 1. The number of furan rings is 1. The molecule has 0 radical (unpaired) electrons. The van der Waals surface area contributed by atoms with E-state index in [4.69, 9.17) is 4.42 Å². The molecule has 2 nitrogen and oxygen atoms in total. The summed E-state index contributed by atoms with van der Waals surface area (Å²) in [5.74, 6) is 1.53. The van der Waals surface area contributed by atoms with Crippen LogP contribution in [0.4, 0.5) is 0 Å². The maximum atomic E-state index is 5.99. The monoisotopic (exact) mass is 259 g/mol. The molecule has 1 N–H and O–H groups in total. The Labute approximate surface area is 116 Å². The number of benzene rings is 1. The first kappa shape index (κ1) is 14.1. The van der Waals surface area contributed by atoms with Crippen LogP contribution in [0.3, 0.4) is 0 Å². The van der Waals surface area contributed by atoms with E-state index in [1.165, 1.54) is 10.9 Å². The molecule has 0 saturated carbocycles. The second kappa shape index (κ2) is 5.01. The van der Waals surface area contributed by atoms with Crippen LogP contribution in [0.1, 0.15) is 52.0 Å². The van der Waals surface area contributed by atoms with Crippen LogP contribution in [-0.2, 0) is 5.41 Å². The highest BCUT2D eigenvalue weighted by molar-refractivity contribution is 5.79. The summed E-state index contributed by atoms with van der Waals surface area (Å²) in [5.41, 5.74) is 2.49. The Morgan fingerprint density at radius 1 is 1.11 bits per heavy atom. The van der Waals surface area contributed by atoms with E-state index in [2.05, 4.69) is 64.2 Å². The first-order chi connectivity index (χ1) is 8.82. The van der Waals surface area contributed by atoms with Gasteiger partial charge in [0, 0.05) is 5.39 Å². The van der Waals surface area contributed by atoms with Gasteiger partial charge in [-0.25, -0.2) is 0 Å². The normalized spacial score (nSPS) is 14.3. The van der Waals surface area contributed by atoms with Crippen molar-refractivity contribution in [3.63, 3.8) is 0 Å². The summed E-state index contributed by atoms with van der Waals surface area (Å²) in [6.07, 6.45) is 0. The quantitative estimate of drug-likeness (QED) is 0.868. The molecular formula is C17H25NO. The lowest BCUT2D eigenvalue weighted by atomic mass is 9.86. The highest BCUT2D eigenvalue weighted by atomic mass is 16.3. The van der Waals surface area contributed by atoms with Crippen LogP contribution in [-0.4, -0.2) is 7.05 Å². The Bertz CT molecular complexity index is 560. The predicted molar refractivity (Wildman–Crippen MR) is 81.6 cm³/mol. The molecule has 2 heteroatoms. The lowest BCUT2D eigenvalue weighted by Gasteiger charge is -2.18. The van der Waals surface area contributed by atoms with Crippen LogP contribution in [0.15, 0.2) is 28.7 Å². The summed E-state index contributed by atoms with van der Waals surface area (Å²) in [6.45, 7) is 11.1. The standard InChI is InChI=1S/C17H25NO/c1-11(2)16(18-6)15-10-12-9-13(17(3,4)5)7-8-14(12)19-15/h7-11,16,18H,1-6H3. The molecule has 1 heterocycles. The molecule has 0 bridgehead atoms. The maximum Gasteiger partial charge on any atom is 0.134 e. The molecule has 2 rings (SSSR count). The van der Waals surface area contributed by atoms with E-state index in [0.29, 0.717) is 5.92 Å². The van der Waals surface area contributed by atoms with Gasteiger partial charge in [-0.15, -0.1) is 0 Å². The molecule has 0 aliphatic carbocycles. The summed E-state index contributed by atoms with van der Waals surface area (Å²) in [4.78, 5) is 0. The van der Waals surface area contributed by atoms with Crippen LogP contribution in [0.25, 0.3) is 11.0 Å². The third-order valence-electron chi connectivity index (χ3n) is 3.69. The van der Waals surface area contributed by atoms with Crippen molar-refractivity contribution < 1.29 is 4.42 Å². The fraction of sp³-hybridized carbons (Fsp3) is 0.529. The van der Waals surface area contributed by atoms with Gasteiger partial charge in [-0.2, -0.15) is 0 Å². The fourth-order valence-corrected chi connectivity index (χ4v) is 2.49. The molecule has 1 aromatic carbocycles. The molecule has 0 saturated heterocycles. The minimum atomic E-state index is 0.173. The van der Waals surface area contributed by atoms with Gasteiger partial charge in [-0.05, 0) is 42.1 Å². The van der Waals surface area contributed by atoms with Gasteiger partial charge in [-0.1, -0.05) is 40.7 Å². The average molecular weight is 259 g/mol. The van der Waals surface area contributed by atoms with Gasteiger partial charge in [0.25, 0.3) is 0 Å². The van der Waals surface area contributed by atoms with Gasteiger partial charge in [0.2, 0.25) is 0 Å². The molecule has 1 aromatic heterocycles. The van der Waals surface area contributed by atoms with E-state index in [0.717, 1.165) is 11.3 Å². The highest BCUT2D eigenvalue weighted by Gasteiger charge is 2.19. The molecule has 104 valence electrons. The number of hydrogen-bond acceptors (Lipinski definition) is 2. The number of fused-ring (bicyclic) bond motifs is 1. The number of rotatable bonds is 3. The largest absolute Gasteiger partial charge is 0.459 e. The molecular weight excluding hydrogens is 234 g/mol. The zero-order valence-electron chi connectivity index (χ0n) is 12.9. The molecule has 2 aromatic rings. The van der Waals surface area contributed by atoms with E-state index in [9.17, 15) is 0 Å². The molecule has 0 aliphatic heterocycles. The minimum absolute atomic E-state index is 0.173. The molecule has 1 atom stereocenters. The molecule has 0 spiro atoms. The third-order valence-corrected chi connectivity index (χ3v) is 3.69. The van der Waals surface area contributed by atoms with Gasteiger partial charge >= 0.3 is 0 Å². The van der Waals surface area contributed by atoms with Crippen LogP contribution in [0, 0.1) is 5.92 Å². The molecule has 0 aliphatic rings. The van der Waals surface area contributed by atoms with Crippen molar-refractivity contribution in [1.82, 2.24) is 5.32 Å². The fourth-order valence-electron chi connectivity index (χ4n) is 2.49. The van der Waals surface area contributed by atoms with Gasteiger partial charge in [0.15, 0.2) is 0 Å². The van der Waals surface area contributed by atoms with Gasteiger partial charge in [0.05, 0.1) is 6.04 Å².